The highest BCUT2D eigenvalue weighted by atomic mass is 35.5. The van der Waals surface area contributed by atoms with Gasteiger partial charge in [-0.25, -0.2) is 0 Å². The summed E-state index contributed by atoms with van der Waals surface area (Å²) in [5.74, 6) is 0.176. The molecule has 1 aromatic carbocycles. The molecule has 2 fully saturated rings. The molecule has 1 unspecified atom stereocenters. The molecule has 114 valence electrons. The van der Waals surface area contributed by atoms with Crippen molar-refractivity contribution >= 4 is 17.5 Å². The van der Waals surface area contributed by atoms with Crippen LogP contribution in [0, 0.1) is 0 Å². The molecule has 0 spiro atoms. The fourth-order valence-corrected chi connectivity index (χ4v) is 3.60. The largest absolute Gasteiger partial charge is 0.355 e. The molecular formula is C17H23ClN2O. The summed E-state index contributed by atoms with van der Waals surface area (Å²) in [5.41, 5.74) is 1.43. The smallest absolute Gasteiger partial charge is 0.221 e. The minimum atomic E-state index is 0.128. The molecule has 0 aromatic heterocycles. The van der Waals surface area contributed by atoms with Crippen LogP contribution in [0.25, 0.3) is 0 Å². The molecule has 1 saturated carbocycles. The van der Waals surface area contributed by atoms with Crippen molar-refractivity contribution in [1.82, 2.24) is 10.6 Å². The van der Waals surface area contributed by atoms with Gasteiger partial charge in [0, 0.05) is 29.4 Å². The standard InChI is InChI=1S/C17H23ClN2O/c18-14-6-4-13(5-7-14)17(8-2-9-17)12-20-16(21)11-15-3-1-10-19-15/h4-7,15,19H,1-3,8-12H2,(H,20,21). The lowest BCUT2D eigenvalue weighted by Gasteiger charge is -2.42. The molecule has 1 amide bonds. The summed E-state index contributed by atoms with van der Waals surface area (Å²) in [6.07, 6.45) is 6.45. The maximum absolute atomic E-state index is 12.1. The van der Waals surface area contributed by atoms with Crippen LogP contribution in [0.4, 0.5) is 0 Å². The van der Waals surface area contributed by atoms with Gasteiger partial charge < -0.3 is 10.6 Å². The normalized spacial score (nSPS) is 23.6. The minimum Gasteiger partial charge on any atom is -0.355 e. The van der Waals surface area contributed by atoms with E-state index in [0.29, 0.717) is 12.5 Å². The van der Waals surface area contributed by atoms with E-state index in [2.05, 4.69) is 22.8 Å². The summed E-state index contributed by atoms with van der Waals surface area (Å²) in [4.78, 5) is 12.1. The molecule has 0 bridgehead atoms. The molecule has 3 nitrogen and oxygen atoms in total. The van der Waals surface area contributed by atoms with Gasteiger partial charge in [0.05, 0.1) is 0 Å². The molecule has 1 aliphatic carbocycles. The van der Waals surface area contributed by atoms with Crippen LogP contribution in [0.1, 0.15) is 44.1 Å². The third-order valence-corrected chi connectivity index (χ3v) is 5.24. The fraction of sp³-hybridized carbons (Fsp3) is 0.588. The first-order valence-electron chi connectivity index (χ1n) is 7.94. The number of hydrogen-bond acceptors (Lipinski definition) is 2. The predicted octanol–water partition coefficient (Wildman–Crippen LogP) is 3.02. The summed E-state index contributed by atoms with van der Waals surface area (Å²) in [6.45, 7) is 1.80. The highest BCUT2D eigenvalue weighted by molar-refractivity contribution is 6.30. The van der Waals surface area contributed by atoms with Gasteiger partial charge >= 0.3 is 0 Å². The van der Waals surface area contributed by atoms with Gasteiger partial charge in [-0.15, -0.1) is 0 Å². The molecule has 2 aliphatic rings. The van der Waals surface area contributed by atoms with Gasteiger partial charge in [0.2, 0.25) is 5.91 Å². The van der Waals surface area contributed by atoms with Crippen molar-refractivity contribution in [2.45, 2.75) is 50.0 Å². The number of carbonyl (C=O) groups is 1. The van der Waals surface area contributed by atoms with E-state index >= 15 is 0 Å². The average molecular weight is 307 g/mol. The highest BCUT2D eigenvalue weighted by Gasteiger charge is 2.38. The van der Waals surface area contributed by atoms with E-state index in [1.165, 1.54) is 18.4 Å². The Bertz CT molecular complexity index is 490. The number of rotatable bonds is 5. The van der Waals surface area contributed by atoms with Crippen LogP contribution in [-0.4, -0.2) is 25.0 Å². The molecule has 1 saturated heterocycles. The number of hydrogen-bond donors (Lipinski definition) is 2. The SMILES string of the molecule is O=C(CC1CCCN1)NCC1(c2ccc(Cl)cc2)CCC1. The summed E-state index contributed by atoms with van der Waals surface area (Å²) >= 11 is 5.97. The zero-order chi connectivity index (χ0) is 14.7. The lowest BCUT2D eigenvalue weighted by atomic mass is 9.64. The number of benzene rings is 1. The highest BCUT2D eigenvalue weighted by Crippen LogP contribution is 2.43. The van der Waals surface area contributed by atoms with Crippen molar-refractivity contribution in [2.24, 2.45) is 0 Å². The second-order valence-electron chi connectivity index (χ2n) is 6.41. The zero-order valence-electron chi connectivity index (χ0n) is 12.3. The number of halogens is 1. The van der Waals surface area contributed by atoms with Gasteiger partial charge in [0.1, 0.15) is 0 Å². The Morgan fingerprint density at radius 3 is 2.62 bits per heavy atom. The van der Waals surface area contributed by atoms with Crippen LogP contribution >= 0.6 is 11.6 Å². The number of carbonyl (C=O) groups excluding carboxylic acids is 1. The molecule has 3 rings (SSSR count). The van der Waals surface area contributed by atoms with Crippen LogP contribution in [0.2, 0.25) is 5.02 Å². The number of amides is 1. The van der Waals surface area contributed by atoms with Gasteiger partial charge in [-0.05, 0) is 49.9 Å². The maximum atomic E-state index is 12.1. The third-order valence-electron chi connectivity index (χ3n) is 4.99. The zero-order valence-corrected chi connectivity index (χ0v) is 13.1. The topological polar surface area (TPSA) is 41.1 Å². The maximum Gasteiger partial charge on any atom is 0.221 e. The van der Waals surface area contributed by atoms with E-state index in [4.69, 9.17) is 11.6 Å². The second kappa shape index (κ2) is 6.37. The average Bonchev–Trinajstić information content (AvgIpc) is 2.92. The van der Waals surface area contributed by atoms with Crippen molar-refractivity contribution in [3.8, 4) is 0 Å². The van der Waals surface area contributed by atoms with Crippen LogP contribution in [-0.2, 0) is 10.2 Å². The predicted molar refractivity (Wildman–Crippen MR) is 85.6 cm³/mol. The van der Waals surface area contributed by atoms with E-state index in [-0.39, 0.29) is 11.3 Å². The van der Waals surface area contributed by atoms with Gasteiger partial charge in [-0.1, -0.05) is 30.2 Å². The molecule has 0 radical (unpaired) electrons. The van der Waals surface area contributed by atoms with Crippen LogP contribution in [0.3, 0.4) is 0 Å². The molecule has 1 aliphatic heterocycles. The Hall–Kier alpha value is -1.06. The first-order chi connectivity index (χ1) is 10.2. The van der Waals surface area contributed by atoms with Crippen molar-refractivity contribution in [3.63, 3.8) is 0 Å². The van der Waals surface area contributed by atoms with Gasteiger partial charge in [0.15, 0.2) is 0 Å². The Morgan fingerprint density at radius 2 is 2.05 bits per heavy atom. The minimum absolute atomic E-state index is 0.128. The summed E-state index contributed by atoms with van der Waals surface area (Å²) < 4.78 is 0. The Kier molecular flexibility index (Phi) is 4.51. The first-order valence-corrected chi connectivity index (χ1v) is 8.32. The lowest BCUT2D eigenvalue weighted by Crippen LogP contribution is -2.46. The molecule has 1 atom stereocenters. The molecule has 4 heteroatoms. The monoisotopic (exact) mass is 306 g/mol. The van der Waals surface area contributed by atoms with Crippen molar-refractivity contribution in [1.29, 1.82) is 0 Å². The number of nitrogens with one attached hydrogen (secondary N) is 2. The van der Waals surface area contributed by atoms with Crippen molar-refractivity contribution in [2.75, 3.05) is 13.1 Å². The Balaban J connectivity index is 1.56. The Morgan fingerprint density at radius 1 is 1.29 bits per heavy atom. The van der Waals surface area contributed by atoms with Crippen LogP contribution < -0.4 is 10.6 Å². The molecular weight excluding hydrogens is 284 g/mol. The lowest BCUT2D eigenvalue weighted by molar-refractivity contribution is -0.122. The van der Waals surface area contributed by atoms with E-state index in [1.54, 1.807) is 0 Å². The molecule has 21 heavy (non-hydrogen) atoms. The van der Waals surface area contributed by atoms with E-state index in [1.807, 2.05) is 12.1 Å². The van der Waals surface area contributed by atoms with Crippen molar-refractivity contribution in [3.05, 3.63) is 34.9 Å². The van der Waals surface area contributed by atoms with Gasteiger partial charge in [-0.3, -0.25) is 4.79 Å². The first kappa shape index (κ1) is 14.9. The third kappa shape index (κ3) is 3.41. The van der Waals surface area contributed by atoms with E-state index in [0.717, 1.165) is 37.4 Å². The van der Waals surface area contributed by atoms with Crippen LogP contribution in [0.5, 0.6) is 0 Å². The van der Waals surface area contributed by atoms with Gasteiger partial charge in [-0.2, -0.15) is 0 Å². The van der Waals surface area contributed by atoms with Crippen LogP contribution in [0.15, 0.2) is 24.3 Å². The summed E-state index contributed by atoms with van der Waals surface area (Å²) in [5, 5.41) is 7.30. The molecule has 2 N–H and O–H groups in total. The molecule has 1 aromatic rings. The Labute approximate surface area is 131 Å². The quantitative estimate of drug-likeness (QED) is 0.878. The molecule has 1 heterocycles. The van der Waals surface area contributed by atoms with Crippen molar-refractivity contribution < 1.29 is 4.79 Å². The van der Waals surface area contributed by atoms with Gasteiger partial charge in [0.25, 0.3) is 0 Å². The summed E-state index contributed by atoms with van der Waals surface area (Å²) in [7, 11) is 0. The van der Waals surface area contributed by atoms with E-state index < -0.39 is 0 Å². The van der Waals surface area contributed by atoms with E-state index in [9.17, 15) is 4.79 Å². The fourth-order valence-electron chi connectivity index (χ4n) is 3.47. The second-order valence-corrected chi connectivity index (χ2v) is 6.85. The summed E-state index contributed by atoms with van der Waals surface area (Å²) in [6, 6.07) is 8.47.